The quantitative estimate of drug-likeness (QED) is 0.777. The van der Waals surface area contributed by atoms with E-state index in [1.165, 1.54) is 24.3 Å². The summed E-state index contributed by atoms with van der Waals surface area (Å²) in [6.45, 7) is 0. The van der Waals surface area contributed by atoms with Gasteiger partial charge in [0.25, 0.3) is 5.89 Å². The molecule has 0 radical (unpaired) electrons. The van der Waals surface area contributed by atoms with Gasteiger partial charge in [-0.05, 0) is 24.3 Å². The molecular formula is C14H8ClFN2O2. The Kier molecular flexibility index (Phi) is 3.12. The van der Waals surface area contributed by atoms with Crippen molar-refractivity contribution in [2.45, 2.75) is 0 Å². The van der Waals surface area contributed by atoms with Gasteiger partial charge in [-0.15, -0.1) is 0 Å². The van der Waals surface area contributed by atoms with Crippen LogP contribution in [0.4, 0.5) is 4.39 Å². The van der Waals surface area contributed by atoms with Crippen LogP contribution in [-0.4, -0.2) is 15.2 Å². The van der Waals surface area contributed by atoms with E-state index in [9.17, 15) is 9.50 Å². The van der Waals surface area contributed by atoms with Crippen molar-refractivity contribution in [3.05, 3.63) is 53.3 Å². The van der Waals surface area contributed by atoms with Crippen molar-refractivity contribution in [3.63, 3.8) is 0 Å². The highest BCUT2D eigenvalue weighted by atomic mass is 35.5. The number of phenols is 1. The smallest absolute Gasteiger partial charge is 0.259 e. The Hall–Kier alpha value is -2.40. The molecule has 100 valence electrons. The third-order valence-corrected chi connectivity index (χ3v) is 3.10. The largest absolute Gasteiger partial charge is 0.508 e. The molecule has 2 aromatic carbocycles. The first-order valence-electron chi connectivity index (χ1n) is 5.72. The van der Waals surface area contributed by atoms with Gasteiger partial charge in [-0.1, -0.05) is 35.0 Å². The van der Waals surface area contributed by atoms with Crippen molar-refractivity contribution in [3.8, 4) is 28.6 Å². The van der Waals surface area contributed by atoms with Gasteiger partial charge in [-0.25, -0.2) is 4.39 Å². The van der Waals surface area contributed by atoms with Crippen LogP contribution in [0.5, 0.6) is 5.75 Å². The maximum atomic E-state index is 13.4. The van der Waals surface area contributed by atoms with Crippen molar-refractivity contribution < 1.29 is 14.0 Å². The number of halogens is 2. The first-order chi connectivity index (χ1) is 9.65. The van der Waals surface area contributed by atoms with Gasteiger partial charge in [0.05, 0.1) is 10.6 Å². The average Bonchev–Trinajstić information content (AvgIpc) is 2.91. The number of aromatic nitrogens is 2. The normalized spacial score (nSPS) is 10.7. The number of rotatable bonds is 2. The van der Waals surface area contributed by atoms with Crippen LogP contribution in [0.25, 0.3) is 22.8 Å². The molecule has 4 nitrogen and oxygen atoms in total. The molecule has 0 aliphatic carbocycles. The minimum atomic E-state index is -0.554. The van der Waals surface area contributed by atoms with E-state index in [-0.39, 0.29) is 22.5 Å². The van der Waals surface area contributed by atoms with E-state index in [4.69, 9.17) is 16.1 Å². The van der Waals surface area contributed by atoms with Crippen LogP contribution in [0.1, 0.15) is 0 Å². The van der Waals surface area contributed by atoms with Crippen LogP contribution in [0.2, 0.25) is 5.02 Å². The van der Waals surface area contributed by atoms with Gasteiger partial charge in [0, 0.05) is 5.56 Å². The molecular weight excluding hydrogens is 283 g/mol. The van der Waals surface area contributed by atoms with E-state index < -0.39 is 5.82 Å². The van der Waals surface area contributed by atoms with Gasteiger partial charge in [0.2, 0.25) is 5.82 Å². The second-order valence-corrected chi connectivity index (χ2v) is 4.45. The van der Waals surface area contributed by atoms with Crippen molar-refractivity contribution in [2.24, 2.45) is 0 Å². The number of hydrogen-bond donors (Lipinski definition) is 1. The van der Waals surface area contributed by atoms with Gasteiger partial charge < -0.3 is 9.63 Å². The zero-order valence-electron chi connectivity index (χ0n) is 10.0. The fourth-order valence-corrected chi connectivity index (χ4v) is 1.97. The average molecular weight is 291 g/mol. The molecule has 3 aromatic rings. The zero-order valence-corrected chi connectivity index (χ0v) is 10.8. The molecule has 0 amide bonds. The Labute approximate surface area is 118 Å². The molecule has 0 unspecified atom stereocenters. The monoisotopic (exact) mass is 290 g/mol. The fraction of sp³-hybridized carbons (Fsp3) is 0. The molecule has 1 heterocycles. The zero-order chi connectivity index (χ0) is 14.1. The summed E-state index contributed by atoms with van der Waals surface area (Å²) in [5, 5.41) is 13.1. The fourth-order valence-electron chi connectivity index (χ4n) is 1.76. The van der Waals surface area contributed by atoms with Gasteiger partial charge in [0.15, 0.2) is 0 Å². The van der Waals surface area contributed by atoms with E-state index in [0.717, 1.165) is 0 Å². The predicted molar refractivity (Wildman–Crippen MR) is 71.8 cm³/mol. The second-order valence-electron chi connectivity index (χ2n) is 4.07. The number of benzene rings is 2. The van der Waals surface area contributed by atoms with E-state index in [1.54, 1.807) is 18.2 Å². The molecule has 0 spiro atoms. The molecule has 20 heavy (non-hydrogen) atoms. The summed E-state index contributed by atoms with van der Waals surface area (Å²) in [6, 6.07) is 10.8. The molecule has 0 bridgehead atoms. The Balaban J connectivity index is 2.04. The first kappa shape index (κ1) is 12.6. The Bertz CT molecular complexity index is 773. The van der Waals surface area contributed by atoms with E-state index in [2.05, 4.69) is 10.1 Å². The summed E-state index contributed by atoms with van der Waals surface area (Å²) in [7, 11) is 0. The molecule has 0 atom stereocenters. The van der Waals surface area contributed by atoms with Crippen LogP contribution in [-0.2, 0) is 0 Å². The third kappa shape index (κ3) is 2.23. The van der Waals surface area contributed by atoms with E-state index in [1.807, 2.05) is 0 Å². The summed E-state index contributed by atoms with van der Waals surface area (Å²) in [5.74, 6) is -0.0528. The highest BCUT2D eigenvalue weighted by Crippen LogP contribution is 2.30. The molecule has 3 rings (SSSR count). The molecule has 0 saturated heterocycles. The lowest BCUT2D eigenvalue weighted by Crippen LogP contribution is -1.84. The minimum absolute atomic E-state index is 0.0707. The van der Waals surface area contributed by atoms with Crippen LogP contribution in [0.15, 0.2) is 47.0 Å². The first-order valence-corrected chi connectivity index (χ1v) is 6.10. The van der Waals surface area contributed by atoms with Gasteiger partial charge in [0.1, 0.15) is 11.6 Å². The van der Waals surface area contributed by atoms with Crippen molar-refractivity contribution in [2.75, 3.05) is 0 Å². The summed E-state index contributed by atoms with van der Waals surface area (Å²) in [5.41, 5.74) is 0.915. The van der Waals surface area contributed by atoms with Crippen molar-refractivity contribution >= 4 is 11.6 Å². The van der Waals surface area contributed by atoms with E-state index in [0.29, 0.717) is 11.1 Å². The van der Waals surface area contributed by atoms with Crippen LogP contribution in [0.3, 0.4) is 0 Å². The summed E-state index contributed by atoms with van der Waals surface area (Å²) < 4.78 is 18.5. The number of aromatic hydroxyl groups is 1. The second kappa shape index (κ2) is 4.94. The highest BCUT2D eigenvalue weighted by Gasteiger charge is 2.15. The molecule has 6 heteroatoms. The molecule has 1 N–H and O–H groups in total. The molecule has 0 saturated carbocycles. The SMILES string of the molecule is Oc1cccc(-c2noc(-c3cccc(F)c3Cl)n2)c1. The maximum Gasteiger partial charge on any atom is 0.259 e. The van der Waals surface area contributed by atoms with Crippen LogP contribution < -0.4 is 0 Å². The van der Waals surface area contributed by atoms with Gasteiger partial charge in [-0.3, -0.25) is 0 Å². The van der Waals surface area contributed by atoms with E-state index >= 15 is 0 Å². The lowest BCUT2D eigenvalue weighted by molar-refractivity contribution is 0.432. The van der Waals surface area contributed by atoms with Crippen molar-refractivity contribution in [1.29, 1.82) is 0 Å². The van der Waals surface area contributed by atoms with Crippen LogP contribution >= 0.6 is 11.6 Å². The molecule has 1 aromatic heterocycles. The summed E-state index contributed by atoms with van der Waals surface area (Å²) in [6.07, 6.45) is 0. The Morgan fingerprint density at radius 3 is 2.75 bits per heavy atom. The lowest BCUT2D eigenvalue weighted by atomic mass is 10.2. The molecule has 0 fully saturated rings. The summed E-state index contributed by atoms with van der Waals surface area (Å²) in [4.78, 5) is 4.15. The maximum absolute atomic E-state index is 13.4. The topological polar surface area (TPSA) is 59.2 Å². The minimum Gasteiger partial charge on any atom is -0.508 e. The van der Waals surface area contributed by atoms with Gasteiger partial charge in [-0.2, -0.15) is 4.98 Å². The number of phenolic OH excluding ortho intramolecular Hbond substituents is 1. The molecule has 0 aliphatic heterocycles. The van der Waals surface area contributed by atoms with Crippen molar-refractivity contribution in [1.82, 2.24) is 10.1 Å². The molecule has 0 aliphatic rings. The lowest BCUT2D eigenvalue weighted by Gasteiger charge is -1.98. The summed E-state index contributed by atoms with van der Waals surface area (Å²) >= 11 is 5.87. The Morgan fingerprint density at radius 1 is 1.15 bits per heavy atom. The Morgan fingerprint density at radius 2 is 1.95 bits per heavy atom. The highest BCUT2D eigenvalue weighted by molar-refractivity contribution is 6.33. The number of nitrogens with zero attached hydrogens (tertiary/aromatic N) is 2. The van der Waals surface area contributed by atoms with Crippen LogP contribution in [0, 0.1) is 5.82 Å². The number of hydrogen-bond acceptors (Lipinski definition) is 4. The predicted octanol–water partition coefficient (Wildman–Crippen LogP) is 3.90. The standard InChI is InChI=1S/C14H8ClFN2O2/c15-12-10(5-2-6-11(12)16)14-17-13(18-20-14)8-3-1-4-9(19)7-8/h1-7,19H. The van der Waals surface area contributed by atoms with Gasteiger partial charge >= 0.3 is 0 Å². The third-order valence-electron chi connectivity index (χ3n) is 2.71.